The molecule has 2 heterocycles. The Hall–Kier alpha value is -3.67. The van der Waals surface area contributed by atoms with Crippen LogP contribution in [-0.2, 0) is 0 Å². The monoisotopic (exact) mass is 398 g/mol. The van der Waals surface area contributed by atoms with Crippen molar-refractivity contribution in [2.24, 2.45) is 0 Å². The fourth-order valence-electron chi connectivity index (χ4n) is 3.33. The molecule has 1 aliphatic heterocycles. The van der Waals surface area contributed by atoms with E-state index in [1.54, 1.807) is 0 Å². The van der Waals surface area contributed by atoms with Crippen LogP contribution in [0.3, 0.4) is 0 Å². The lowest BCUT2D eigenvalue weighted by molar-refractivity contribution is 0.0705. The number of likely N-dealkylation sites (tertiary alicyclic amines) is 1. The topological polar surface area (TPSA) is 83.0 Å². The van der Waals surface area contributed by atoms with Gasteiger partial charge in [0.05, 0.1) is 22.8 Å². The van der Waals surface area contributed by atoms with E-state index in [-0.39, 0.29) is 28.4 Å². The fraction of sp³-hybridized carbons (Fsp3) is 0.200. The first-order valence-corrected chi connectivity index (χ1v) is 8.77. The van der Waals surface area contributed by atoms with Crippen molar-refractivity contribution in [2.75, 3.05) is 6.54 Å². The molecule has 1 aliphatic rings. The maximum atomic E-state index is 14.3. The highest BCUT2D eigenvalue weighted by Crippen LogP contribution is 2.34. The van der Waals surface area contributed by atoms with Crippen molar-refractivity contribution in [1.29, 1.82) is 5.26 Å². The van der Waals surface area contributed by atoms with Gasteiger partial charge in [-0.15, -0.1) is 0 Å². The molecule has 1 aromatic heterocycles. The SMILES string of the molecule is N#Cc1ccc(C(=O)N2CCCC2c2nc(-c3ccc(F)cc3F)no2)c(F)c1. The molecule has 0 spiro atoms. The first-order valence-electron chi connectivity index (χ1n) is 8.77. The summed E-state index contributed by atoms with van der Waals surface area (Å²) >= 11 is 0. The van der Waals surface area contributed by atoms with E-state index in [2.05, 4.69) is 10.1 Å². The molecule has 29 heavy (non-hydrogen) atoms. The van der Waals surface area contributed by atoms with Crippen LogP contribution in [0, 0.1) is 28.8 Å². The average Bonchev–Trinajstić information content (AvgIpc) is 3.36. The summed E-state index contributed by atoms with van der Waals surface area (Å²) in [5.74, 6) is -2.91. The summed E-state index contributed by atoms with van der Waals surface area (Å²) in [6, 6.07) is 7.83. The number of rotatable bonds is 3. The first kappa shape index (κ1) is 18.7. The van der Waals surface area contributed by atoms with Crippen molar-refractivity contribution in [3.8, 4) is 17.5 Å². The van der Waals surface area contributed by atoms with Gasteiger partial charge in [-0.2, -0.15) is 10.2 Å². The van der Waals surface area contributed by atoms with Gasteiger partial charge in [0.1, 0.15) is 23.5 Å². The highest BCUT2D eigenvalue weighted by molar-refractivity contribution is 5.95. The summed E-state index contributed by atoms with van der Waals surface area (Å²) in [5, 5.41) is 12.6. The molecule has 9 heteroatoms. The van der Waals surface area contributed by atoms with E-state index >= 15 is 0 Å². The predicted molar refractivity (Wildman–Crippen MR) is 93.8 cm³/mol. The molecule has 6 nitrogen and oxygen atoms in total. The zero-order chi connectivity index (χ0) is 20.5. The minimum absolute atomic E-state index is 0.0320. The maximum absolute atomic E-state index is 14.3. The normalized spacial score (nSPS) is 16.1. The molecular formula is C20H13F3N4O2. The number of aromatic nitrogens is 2. The van der Waals surface area contributed by atoms with Gasteiger partial charge in [0.2, 0.25) is 11.7 Å². The number of amides is 1. The molecule has 1 atom stereocenters. The summed E-state index contributed by atoms with van der Waals surface area (Å²) in [4.78, 5) is 18.4. The first-order chi connectivity index (χ1) is 14.0. The molecule has 1 fully saturated rings. The second-order valence-corrected chi connectivity index (χ2v) is 6.54. The number of nitrogens with zero attached hydrogens (tertiary/aromatic N) is 4. The number of benzene rings is 2. The third-order valence-corrected chi connectivity index (χ3v) is 4.74. The van der Waals surface area contributed by atoms with Crippen LogP contribution in [0.15, 0.2) is 40.9 Å². The van der Waals surface area contributed by atoms with Crippen LogP contribution < -0.4 is 0 Å². The Morgan fingerprint density at radius 2 is 2.00 bits per heavy atom. The molecule has 146 valence electrons. The molecule has 1 saturated heterocycles. The molecule has 4 rings (SSSR count). The van der Waals surface area contributed by atoms with Gasteiger partial charge in [0.15, 0.2) is 0 Å². The Bertz CT molecular complexity index is 1140. The summed E-state index contributed by atoms with van der Waals surface area (Å²) in [5.41, 5.74) is -0.0875. The van der Waals surface area contributed by atoms with Crippen molar-refractivity contribution < 1.29 is 22.5 Å². The molecule has 1 unspecified atom stereocenters. The minimum atomic E-state index is -0.837. The number of nitriles is 1. The third kappa shape index (κ3) is 3.45. The standard InChI is InChI=1S/C20H13F3N4O2/c21-12-4-6-13(16(23)9-12)18-25-19(29-26-18)17-2-1-7-27(17)20(28)14-5-3-11(10-24)8-15(14)22/h3-6,8-9,17H,1-2,7H2. The molecular weight excluding hydrogens is 385 g/mol. The van der Waals surface area contributed by atoms with Crippen LogP contribution in [0.2, 0.25) is 0 Å². The predicted octanol–water partition coefficient (Wildman–Crippen LogP) is 4.00. The third-order valence-electron chi connectivity index (χ3n) is 4.74. The quantitative estimate of drug-likeness (QED) is 0.666. The number of hydrogen-bond donors (Lipinski definition) is 0. The van der Waals surface area contributed by atoms with Crippen molar-refractivity contribution in [3.05, 3.63) is 70.9 Å². The van der Waals surface area contributed by atoms with Crippen molar-refractivity contribution in [3.63, 3.8) is 0 Å². The van der Waals surface area contributed by atoms with Gasteiger partial charge in [-0.25, -0.2) is 13.2 Å². The van der Waals surface area contributed by atoms with Crippen LogP contribution in [0.4, 0.5) is 13.2 Å². The Kier molecular flexibility index (Phi) is 4.76. The summed E-state index contributed by atoms with van der Waals surface area (Å²) < 4.78 is 46.5. The lowest BCUT2D eigenvalue weighted by Crippen LogP contribution is -2.31. The van der Waals surface area contributed by atoms with Gasteiger partial charge in [0.25, 0.3) is 5.91 Å². The molecule has 0 radical (unpaired) electrons. The Morgan fingerprint density at radius 1 is 1.17 bits per heavy atom. The van der Waals surface area contributed by atoms with Gasteiger partial charge in [-0.1, -0.05) is 5.16 Å². The number of carbonyl (C=O) groups is 1. The van der Waals surface area contributed by atoms with Crippen molar-refractivity contribution in [2.45, 2.75) is 18.9 Å². The largest absolute Gasteiger partial charge is 0.337 e. The molecule has 3 aromatic rings. The van der Waals surface area contributed by atoms with E-state index in [0.717, 1.165) is 12.1 Å². The molecule has 0 aliphatic carbocycles. The van der Waals surface area contributed by atoms with Crippen LogP contribution in [0.25, 0.3) is 11.4 Å². The molecule has 0 N–H and O–H groups in total. The van der Waals surface area contributed by atoms with Gasteiger partial charge < -0.3 is 9.42 Å². The van der Waals surface area contributed by atoms with Crippen LogP contribution >= 0.6 is 0 Å². The zero-order valence-corrected chi connectivity index (χ0v) is 14.9. The highest BCUT2D eigenvalue weighted by Gasteiger charge is 2.35. The van der Waals surface area contributed by atoms with Crippen LogP contribution in [0.1, 0.15) is 40.7 Å². The maximum Gasteiger partial charge on any atom is 0.257 e. The Balaban J connectivity index is 1.62. The van der Waals surface area contributed by atoms with Crippen LogP contribution in [-0.4, -0.2) is 27.5 Å². The summed E-state index contributed by atoms with van der Waals surface area (Å²) in [6.45, 7) is 0.353. The number of carbonyl (C=O) groups excluding carboxylic acids is 1. The number of halogens is 3. The average molecular weight is 398 g/mol. The summed E-state index contributed by atoms with van der Waals surface area (Å²) in [6.07, 6.45) is 1.15. The molecule has 0 saturated carbocycles. The van der Waals surface area contributed by atoms with Crippen LogP contribution in [0.5, 0.6) is 0 Å². The summed E-state index contributed by atoms with van der Waals surface area (Å²) in [7, 11) is 0. The zero-order valence-electron chi connectivity index (χ0n) is 14.9. The van der Waals surface area contributed by atoms with Crippen molar-refractivity contribution >= 4 is 5.91 Å². The Morgan fingerprint density at radius 3 is 2.72 bits per heavy atom. The van der Waals surface area contributed by atoms with E-state index in [1.165, 1.54) is 23.1 Å². The van der Waals surface area contributed by atoms with Gasteiger partial charge in [0, 0.05) is 12.6 Å². The second-order valence-electron chi connectivity index (χ2n) is 6.54. The minimum Gasteiger partial charge on any atom is -0.337 e. The van der Waals surface area contributed by atoms with E-state index in [9.17, 15) is 18.0 Å². The highest BCUT2D eigenvalue weighted by atomic mass is 19.1. The fourth-order valence-corrected chi connectivity index (χ4v) is 3.33. The lowest BCUT2D eigenvalue weighted by Gasteiger charge is -2.22. The molecule has 2 aromatic carbocycles. The van der Waals surface area contributed by atoms with Gasteiger partial charge >= 0.3 is 0 Å². The molecule has 0 bridgehead atoms. The van der Waals surface area contributed by atoms with E-state index in [4.69, 9.17) is 9.78 Å². The smallest absolute Gasteiger partial charge is 0.257 e. The van der Waals surface area contributed by atoms with E-state index in [1.807, 2.05) is 6.07 Å². The molecule has 1 amide bonds. The van der Waals surface area contributed by atoms with E-state index in [0.29, 0.717) is 25.5 Å². The van der Waals surface area contributed by atoms with Gasteiger partial charge in [-0.3, -0.25) is 4.79 Å². The number of hydrogen-bond acceptors (Lipinski definition) is 5. The van der Waals surface area contributed by atoms with E-state index < -0.39 is 29.4 Å². The lowest BCUT2D eigenvalue weighted by atomic mass is 10.1. The van der Waals surface area contributed by atoms with Gasteiger partial charge in [-0.05, 0) is 43.2 Å². The van der Waals surface area contributed by atoms with Crippen molar-refractivity contribution in [1.82, 2.24) is 15.0 Å². The second kappa shape index (κ2) is 7.39. The Labute approximate surface area is 163 Å².